The van der Waals surface area contributed by atoms with E-state index in [0.29, 0.717) is 0 Å². The van der Waals surface area contributed by atoms with Gasteiger partial charge in [0.2, 0.25) is 0 Å². The zero-order valence-electron chi connectivity index (χ0n) is 13.5. The molecule has 0 fully saturated rings. The summed E-state index contributed by atoms with van der Waals surface area (Å²) < 4.78 is 0. The van der Waals surface area contributed by atoms with Crippen molar-refractivity contribution < 1.29 is 0 Å². The minimum absolute atomic E-state index is 0.234. The van der Waals surface area contributed by atoms with E-state index in [1.807, 2.05) is 13.1 Å². The molecule has 1 aromatic rings. The molecule has 0 heterocycles. The minimum atomic E-state index is 0.234. The topological polar surface area (TPSA) is 38.0 Å². The number of allylic oxidation sites excluding steroid dienone is 4. The van der Waals surface area contributed by atoms with E-state index in [1.165, 1.54) is 27.8 Å². The van der Waals surface area contributed by atoms with Crippen molar-refractivity contribution in [3.8, 4) is 0 Å². The van der Waals surface area contributed by atoms with E-state index < -0.39 is 0 Å². The second-order valence-corrected chi connectivity index (χ2v) is 5.76. The first kappa shape index (κ1) is 15.6. The smallest absolute Gasteiger partial charge is 0.0539 e. The highest BCUT2D eigenvalue weighted by Crippen LogP contribution is 2.32. The van der Waals surface area contributed by atoms with Gasteiger partial charge in [-0.15, -0.1) is 0 Å². The molecule has 1 aromatic carbocycles. The average Bonchev–Trinajstić information content (AvgIpc) is 2.49. The summed E-state index contributed by atoms with van der Waals surface area (Å²) in [6.07, 6.45) is 6.31. The van der Waals surface area contributed by atoms with Crippen LogP contribution in [0.25, 0.3) is 0 Å². The fraction of sp³-hybridized carbons (Fsp3) is 0.368. The second kappa shape index (κ2) is 6.77. The molecule has 2 nitrogen and oxygen atoms in total. The largest absolute Gasteiger partial charge is 0.399 e. The molecular formula is C19H26N2. The highest BCUT2D eigenvalue weighted by atomic mass is 14.9. The number of rotatable bonds is 4. The van der Waals surface area contributed by atoms with Crippen LogP contribution in [0.2, 0.25) is 0 Å². The lowest BCUT2D eigenvalue weighted by Gasteiger charge is -2.24. The summed E-state index contributed by atoms with van der Waals surface area (Å²) in [5, 5.41) is 3.45. The van der Waals surface area contributed by atoms with Crippen LogP contribution in [0.15, 0.2) is 58.8 Å². The van der Waals surface area contributed by atoms with E-state index in [2.05, 4.69) is 56.4 Å². The predicted molar refractivity (Wildman–Crippen MR) is 90.9 cm³/mol. The third-order valence-electron chi connectivity index (χ3n) is 4.47. The van der Waals surface area contributed by atoms with Gasteiger partial charge in [-0.1, -0.05) is 30.3 Å². The van der Waals surface area contributed by atoms with Gasteiger partial charge in [0, 0.05) is 5.70 Å². The second-order valence-electron chi connectivity index (χ2n) is 5.76. The Morgan fingerprint density at radius 3 is 2.57 bits per heavy atom. The predicted octanol–water partition coefficient (Wildman–Crippen LogP) is 4.15. The summed E-state index contributed by atoms with van der Waals surface area (Å²) in [6, 6.07) is 8.79. The molecule has 112 valence electrons. The van der Waals surface area contributed by atoms with Crippen molar-refractivity contribution in [3.63, 3.8) is 0 Å². The van der Waals surface area contributed by atoms with Crippen molar-refractivity contribution >= 4 is 0 Å². The number of nitrogens with one attached hydrogen (secondary N) is 1. The molecule has 0 saturated heterocycles. The maximum atomic E-state index is 6.17. The molecule has 0 aromatic heterocycles. The van der Waals surface area contributed by atoms with Gasteiger partial charge in [-0.3, -0.25) is 0 Å². The summed E-state index contributed by atoms with van der Waals surface area (Å²) in [6.45, 7) is 6.57. The Balaban J connectivity index is 2.44. The lowest BCUT2D eigenvalue weighted by molar-refractivity contribution is 0.666. The Morgan fingerprint density at radius 2 is 1.95 bits per heavy atom. The van der Waals surface area contributed by atoms with Gasteiger partial charge < -0.3 is 11.1 Å². The maximum Gasteiger partial charge on any atom is 0.0539 e. The van der Waals surface area contributed by atoms with Crippen LogP contribution in [0.3, 0.4) is 0 Å². The Bertz CT molecular complexity index is 606. The standard InChI is InChI=1S/C19H26N2/c1-13-9-5-6-10-16(13)19(21-4)15(3)14(2)17-11-7-8-12-18(17)20/h5-6,8-10,12,19,21H,7,11,20H2,1-4H3/b15-14-. The average molecular weight is 282 g/mol. The Kier molecular flexibility index (Phi) is 5.03. The molecule has 1 aliphatic rings. The molecule has 0 amide bonds. The summed E-state index contributed by atoms with van der Waals surface area (Å²) in [7, 11) is 2.02. The van der Waals surface area contributed by atoms with E-state index in [9.17, 15) is 0 Å². The van der Waals surface area contributed by atoms with Gasteiger partial charge in [-0.2, -0.15) is 0 Å². The van der Waals surface area contributed by atoms with Crippen molar-refractivity contribution in [2.45, 2.75) is 39.7 Å². The monoisotopic (exact) mass is 282 g/mol. The van der Waals surface area contributed by atoms with Gasteiger partial charge in [0.05, 0.1) is 6.04 Å². The Hall–Kier alpha value is -1.80. The summed E-state index contributed by atoms with van der Waals surface area (Å²) >= 11 is 0. The Morgan fingerprint density at radius 1 is 1.24 bits per heavy atom. The number of benzene rings is 1. The molecule has 0 bridgehead atoms. The molecule has 1 unspecified atom stereocenters. The van der Waals surface area contributed by atoms with E-state index in [4.69, 9.17) is 5.73 Å². The van der Waals surface area contributed by atoms with Crippen LogP contribution in [-0.4, -0.2) is 7.05 Å². The van der Waals surface area contributed by atoms with Crippen LogP contribution in [0, 0.1) is 6.92 Å². The summed E-state index contributed by atoms with van der Waals surface area (Å²) in [5.74, 6) is 0. The van der Waals surface area contributed by atoms with Gasteiger partial charge in [0.1, 0.15) is 0 Å². The van der Waals surface area contributed by atoms with E-state index in [-0.39, 0.29) is 6.04 Å². The molecule has 0 spiro atoms. The third-order valence-corrected chi connectivity index (χ3v) is 4.47. The molecular weight excluding hydrogens is 256 g/mol. The molecule has 21 heavy (non-hydrogen) atoms. The molecule has 0 aliphatic heterocycles. The van der Waals surface area contributed by atoms with Crippen LogP contribution in [0.5, 0.6) is 0 Å². The molecule has 1 atom stereocenters. The van der Waals surface area contributed by atoms with Crippen LogP contribution in [-0.2, 0) is 0 Å². The first-order valence-electron chi connectivity index (χ1n) is 7.62. The van der Waals surface area contributed by atoms with E-state index >= 15 is 0 Å². The first-order chi connectivity index (χ1) is 10.1. The normalized spacial score (nSPS) is 17.7. The van der Waals surface area contributed by atoms with Gasteiger partial charge in [-0.25, -0.2) is 0 Å². The lowest BCUT2D eigenvalue weighted by atomic mass is 9.87. The lowest BCUT2D eigenvalue weighted by Crippen LogP contribution is -2.20. The van der Waals surface area contributed by atoms with Crippen molar-refractivity contribution in [2.75, 3.05) is 7.05 Å². The highest BCUT2D eigenvalue weighted by molar-refractivity contribution is 5.45. The molecule has 2 rings (SSSR count). The van der Waals surface area contributed by atoms with Gasteiger partial charge in [0.15, 0.2) is 0 Å². The van der Waals surface area contributed by atoms with Gasteiger partial charge >= 0.3 is 0 Å². The SMILES string of the molecule is CNC(/C(C)=C(/C)C1=C(N)C=CCC1)c1ccccc1C. The van der Waals surface area contributed by atoms with Crippen molar-refractivity contribution in [2.24, 2.45) is 5.73 Å². The Labute approximate surface area is 128 Å². The fourth-order valence-corrected chi connectivity index (χ4v) is 3.06. The molecule has 0 saturated carbocycles. The maximum absolute atomic E-state index is 6.17. The molecule has 1 aliphatic carbocycles. The number of hydrogen-bond acceptors (Lipinski definition) is 2. The van der Waals surface area contributed by atoms with E-state index in [0.717, 1.165) is 18.5 Å². The van der Waals surface area contributed by atoms with Crippen LogP contribution >= 0.6 is 0 Å². The van der Waals surface area contributed by atoms with Crippen LogP contribution in [0.1, 0.15) is 43.9 Å². The van der Waals surface area contributed by atoms with Crippen molar-refractivity contribution in [1.29, 1.82) is 0 Å². The van der Waals surface area contributed by atoms with Crippen LogP contribution in [0.4, 0.5) is 0 Å². The highest BCUT2D eigenvalue weighted by Gasteiger charge is 2.18. The number of likely N-dealkylation sites (N-methyl/N-ethyl adjacent to an activating group) is 1. The quantitative estimate of drug-likeness (QED) is 0.870. The zero-order chi connectivity index (χ0) is 15.4. The zero-order valence-corrected chi connectivity index (χ0v) is 13.5. The number of aryl methyl sites for hydroxylation is 1. The van der Waals surface area contributed by atoms with Crippen molar-refractivity contribution in [3.05, 3.63) is 70.0 Å². The van der Waals surface area contributed by atoms with Gasteiger partial charge in [-0.05, 0) is 74.6 Å². The minimum Gasteiger partial charge on any atom is -0.399 e. The molecule has 2 heteroatoms. The number of hydrogen-bond donors (Lipinski definition) is 2. The van der Waals surface area contributed by atoms with E-state index in [1.54, 1.807) is 0 Å². The fourth-order valence-electron chi connectivity index (χ4n) is 3.06. The van der Waals surface area contributed by atoms with Crippen molar-refractivity contribution in [1.82, 2.24) is 5.32 Å². The van der Waals surface area contributed by atoms with Gasteiger partial charge in [0.25, 0.3) is 0 Å². The molecule has 0 radical (unpaired) electrons. The number of nitrogens with two attached hydrogens (primary N) is 1. The third kappa shape index (κ3) is 3.27. The first-order valence-corrected chi connectivity index (χ1v) is 7.62. The van der Waals surface area contributed by atoms with Crippen LogP contribution < -0.4 is 11.1 Å². The molecule has 3 N–H and O–H groups in total. The summed E-state index contributed by atoms with van der Waals surface area (Å²) in [4.78, 5) is 0. The summed E-state index contributed by atoms with van der Waals surface area (Å²) in [5.41, 5.74) is 13.7.